The van der Waals surface area contributed by atoms with E-state index in [1.165, 1.54) is 24.0 Å². The summed E-state index contributed by atoms with van der Waals surface area (Å²) in [6.45, 7) is 1.52. The summed E-state index contributed by atoms with van der Waals surface area (Å²) in [6.07, 6.45) is 0. The van der Waals surface area contributed by atoms with E-state index in [1.54, 1.807) is 32.3 Å². The third-order valence-corrected chi connectivity index (χ3v) is 3.75. The van der Waals surface area contributed by atoms with Crippen LogP contribution in [0.2, 0.25) is 0 Å². The summed E-state index contributed by atoms with van der Waals surface area (Å²) >= 11 is 0. The summed E-state index contributed by atoms with van der Waals surface area (Å²) in [4.78, 5) is 13.0. The molecule has 1 amide bonds. The van der Waals surface area contributed by atoms with E-state index < -0.39 is 16.1 Å². The molecule has 1 aromatic carbocycles. The molecule has 0 aliphatic carbocycles. The summed E-state index contributed by atoms with van der Waals surface area (Å²) in [5.74, 6) is -0.287. The second kappa shape index (κ2) is 5.29. The van der Waals surface area contributed by atoms with Crippen LogP contribution in [0.25, 0.3) is 0 Å². The highest BCUT2D eigenvalue weighted by Crippen LogP contribution is 2.08. The molecule has 0 fully saturated rings. The lowest BCUT2D eigenvalue weighted by Gasteiger charge is -2.17. The fourth-order valence-corrected chi connectivity index (χ4v) is 2.56. The average molecular weight is 256 g/mol. The van der Waals surface area contributed by atoms with E-state index >= 15 is 0 Å². The smallest absolute Gasteiger partial charge is 0.241 e. The summed E-state index contributed by atoms with van der Waals surface area (Å²) < 4.78 is 26.1. The van der Waals surface area contributed by atoms with Crippen LogP contribution in [0.5, 0.6) is 0 Å². The molecule has 6 heteroatoms. The molecule has 17 heavy (non-hydrogen) atoms. The molecule has 0 aliphatic heterocycles. The predicted octanol–water partition coefficient (Wildman–Crippen LogP) is 0.442. The molecule has 1 aromatic rings. The Morgan fingerprint density at radius 3 is 2.24 bits per heavy atom. The molecule has 0 saturated heterocycles. The number of sulfonamides is 1. The molecule has 5 nitrogen and oxygen atoms in total. The standard InChI is InChI=1S/C11H16N2O3S/c1-9(11(14)13(2)3)12-17(15,16)10-7-5-4-6-8-10/h4-9,12H,1-3H3. The summed E-state index contributed by atoms with van der Waals surface area (Å²) in [6, 6.07) is 7.17. The molecule has 1 atom stereocenters. The van der Waals surface area contributed by atoms with Gasteiger partial charge in [0, 0.05) is 14.1 Å². The number of hydrogen-bond acceptors (Lipinski definition) is 3. The van der Waals surface area contributed by atoms with Crippen molar-refractivity contribution in [1.29, 1.82) is 0 Å². The molecule has 0 bridgehead atoms. The van der Waals surface area contributed by atoms with Crippen LogP contribution in [0, 0.1) is 0 Å². The molecule has 1 N–H and O–H groups in total. The lowest BCUT2D eigenvalue weighted by atomic mass is 10.3. The fourth-order valence-electron chi connectivity index (χ4n) is 1.34. The van der Waals surface area contributed by atoms with E-state index in [4.69, 9.17) is 0 Å². The van der Waals surface area contributed by atoms with Crippen molar-refractivity contribution in [2.45, 2.75) is 17.9 Å². The van der Waals surface area contributed by atoms with E-state index in [2.05, 4.69) is 4.72 Å². The molecule has 0 heterocycles. The van der Waals surface area contributed by atoms with Crippen LogP contribution in [0.1, 0.15) is 6.92 Å². The minimum atomic E-state index is -3.64. The number of nitrogens with one attached hydrogen (secondary N) is 1. The van der Waals surface area contributed by atoms with Gasteiger partial charge in [0.25, 0.3) is 0 Å². The fraction of sp³-hybridized carbons (Fsp3) is 0.364. The van der Waals surface area contributed by atoms with Crippen molar-refractivity contribution in [3.8, 4) is 0 Å². The highest BCUT2D eigenvalue weighted by Gasteiger charge is 2.22. The monoisotopic (exact) mass is 256 g/mol. The molecule has 0 radical (unpaired) electrons. The van der Waals surface area contributed by atoms with E-state index in [-0.39, 0.29) is 10.8 Å². The second-order valence-electron chi connectivity index (χ2n) is 3.89. The maximum Gasteiger partial charge on any atom is 0.241 e. The van der Waals surface area contributed by atoms with Crippen LogP contribution in [0.3, 0.4) is 0 Å². The van der Waals surface area contributed by atoms with Gasteiger partial charge in [0.15, 0.2) is 0 Å². The van der Waals surface area contributed by atoms with Gasteiger partial charge in [-0.15, -0.1) is 0 Å². The molecule has 1 rings (SSSR count). The summed E-state index contributed by atoms with van der Waals surface area (Å²) in [5.41, 5.74) is 0. The van der Waals surface area contributed by atoms with Crippen LogP contribution < -0.4 is 4.72 Å². The topological polar surface area (TPSA) is 66.5 Å². The van der Waals surface area contributed by atoms with Crippen molar-refractivity contribution >= 4 is 15.9 Å². The number of hydrogen-bond donors (Lipinski definition) is 1. The third kappa shape index (κ3) is 3.54. The van der Waals surface area contributed by atoms with Gasteiger partial charge in [0.1, 0.15) is 0 Å². The summed E-state index contributed by atoms with van der Waals surface area (Å²) in [5, 5.41) is 0. The number of likely N-dealkylation sites (N-methyl/N-ethyl adjacent to an activating group) is 1. The number of rotatable bonds is 4. The van der Waals surface area contributed by atoms with E-state index in [0.29, 0.717) is 0 Å². The minimum absolute atomic E-state index is 0.151. The van der Waals surface area contributed by atoms with E-state index in [0.717, 1.165) is 0 Å². The van der Waals surface area contributed by atoms with Crippen LogP contribution in [0.4, 0.5) is 0 Å². The quantitative estimate of drug-likeness (QED) is 0.850. The Morgan fingerprint density at radius 2 is 1.76 bits per heavy atom. The van der Waals surface area contributed by atoms with Crippen molar-refractivity contribution in [2.24, 2.45) is 0 Å². The van der Waals surface area contributed by atoms with Crippen molar-refractivity contribution in [3.05, 3.63) is 30.3 Å². The zero-order valence-corrected chi connectivity index (χ0v) is 10.9. The largest absolute Gasteiger partial charge is 0.347 e. The number of benzene rings is 1. The first-order valence-electron chi connectivity index (χ1n) is 5.13. The normalized spacial score (nSPS) is 13.1. The molecular weight excluding hydrogens is 240 g/mol. The average Bonchev–Trinajstić information content (AvgIpc) is 2.28. The van der Waals surface area contributed by atoms with Crippen LogP contribution in [-0.2, 0) is 14.8 Å². The van der Waals surface area contributed by atoms with Gasteiger partial charge >= 0.3 is 0 Å². The van der Waals surface area contributed by atoms with Gasteiger partial charge in [-0.05, 0) is 19.1 Å². The van der Waals surface area contributed by atoms with Crippen LogP contribution in [0.15, 0.2) is 35.2 Å². The Kier molecular flexibility index (Phi) is 4.25. The second-order valence-corrected chi connectivity index (χ2v) is 5.60. The molecule has 0 spiro atoms. The maximum atomic E-state index is 11.9. The first kappa shape index (κ1) is 13.7. The molecule has 0 saturated carbocycles. The third-order valence-electron chi connectivity index (χ3n) is 2.20. The molecule has 1 unspecified atom stereocenters. The lowest BCUT2D eigenvalue weighted by Crippen LogP contribution is -2.44. The highest BCUT2D eigenvalue weighted by atomic mass is 32.2. The zero-order chi connectivity index (χ0) is 13.1. The molecule has 94 valence electrons. The predicted molar refractivity (Wildman–Crippen MR) is 64.9 cm³/mol. The Bertz CT molecular complexity index is 483. The van der Waals surface area contributed by atoms with Crippen molar-refractivity contribution in [3.63, 3.8) is 0 Å². The van der Waals surface area contributed by atoms with E-state index in [9.17, 15) is 13.2 Å². The van der Waals surface area contributed by atoms with Gasteiger partial charge in [-0.3, -0.25) is 4.79 Å². The Morgan fingerprint density at radius 1 is 1.24 bits per heavy atom. The maximum absolute atomic E-state index is 11.9. The van der Waals surface area contributed by atoms with Gasteiger partial charge in [-0.25, -0.2) is 8.42 Å². The van der Waals surface area contributed by atoms with Crippen molar-refractivity contribution in [1.82, 2.24) is 9.62 Å². The number of nitrogens with zero attached hydrogens (tertiary/aromatic N) is 1. The van der Waals surface area contributed by atoms with Gasteiger partial charge < -0.3 is 4.90 Å². The van der Waals surface area contributed by atoms with Gasteiger partial charge in [0.05, 0.1) is 10.9 Å². The molecule has 0 aliphatic rings. The summed E-state index contributed by atoms with van der Waals surface area (Å²) in [7, 11) is -0.478. The SMILES string of the molecule is CC(NS(=O)(=O)c1ccccc1)C(=O)N(C)C. The minimum Gasteiger partial charge on any atom is -0.347 e. The Hall–Kier alpha value is -1.40. The molecular formula is C11H16N2O3S. The molecule has 0 aromatic heterocycles. The van der Waals surface area contributed by atoms with Crippen LogP contribution in [-0.4, -0.2) is 39.4 Å². The first-order valence-corrected chi connectivity index (χ1v) is 6.61. The van der Waals surface area contributed by atoms with Gasteiger partial charge in [-0.1, -0.05) is 18.2 Å². The Balaban J connectivity index is 2.85. The van der Waals surface area contributed by atoms with Crippen LogP contribution >= 0.6 is 0 Å². The van der Waals surface area contributed by atoms with Crippen molar-refractivity contribution in [2.75, 3.05) is 14.1 Å². The number of carbonyl (C=O) groups is 1. The Labute approximate surface area is 101 Å². The lowest BCUT2D eigenvalue weighted by molar-refractivity contribution is -0.130. The van der Waals surface area contributed by atoms with E-state index in [1.807, 2.05) is 0 Å². The highest BCUT2D eigenvalue weighted by molar-refractivity contribution is 7.89. The number of carbonyl (C=O) groups excluding carboxylic acids is 1. The van der Waals surface area contributed by atoms with Gasteiger partial charge in [0.2, 0.25) is 15.9 Å². The number of amides is 1. The van der Waals surface area contributed by atoms with Crippen molar-refractivity contribution < 1.29 is 13.2 Å². The van der Waals surface area contributed by atoms with Gasteiger partial charge in [-0.2, -0.15) is 4.72 Å². The first-order chi connectivity index (χ1) is 7.84. The zero-order valence-electron chi connectivity index (χ0n) is 10.0.